The molecule has 1 aliphatic heterocycles. The summed E-state index contributed by atoms with van der Waals surface area (Å²) in [5.74, 6) is 1.64. The molecule has 1 saturated carbocycles. The summed E-state index contributed by atoms with van der Waals surface area (Å²) in [5, 5.41) is 0. The van der Waals surface area contributed by atoms with Crippen molar-refractivity contribution < 1.29 is 9.47 Å². The van der Waals surface area contributed by atoms with Crippen LogP contribution < -0.4 is 14.4 Å². The van der Waals surface area contributed by atoms with Gasteiger partial charge < -0.3 is 14.4 Å². The number of hydrogen-bond donors (Lipinski definition) is 0. The normalized spacial score (nSPS) is 18.3. The van der Waals surface area contributed by atoms with Gasteiger partial charge >= 0.3 is 0 Å². The van der Waals surface area contributed by atoms with Gasteiger partial charge in [0.25, 0.3) is 0 Å². The molecular formula is C21H24BrNO2. The number of aryl methyl sites for hydroxylation is 1. The Labute approximate surface area is 158 Å². The van der Waals surface area contributed by atoms with E-state index in [0.29, 0.717) is 0 Å². The Morgan fingerprint density at radius 3 is 2.36 bits per heavy atom. The lowest BCUT2D eigenvalue weighted by molar-refractivity contribution is 0.225. The first-order valence-corrected chi connectivity index (χ1v) is 9.76. The topological polar surface area (TPSA) is 21.7 Å². The van der Waals surface area contributed by atoms with Crippen LogP contribution in [0.15, 0.2) is 40.9 Å². The van der Waals surface area contributed by atoms with Crippen LogP contribution in [0.1, 0.15) is 36.8 Å². The molecule has 0 N–H and O–H groups in total. The molecule has 2 aliphatic rings. The van der Waals surface area contributed by atoms with Crippen molar-refractivity contribution in [1.82, 2.24) is 0 Å². The van der Waals surface area contributed by atoms with Gasteiger partial charge in [-0.3, -0.25) is 0 Å². The van der Waals surface area contributed by atoms with Crippen LogP contribution in [0.5, 0.6) is 11.5 Å². The maximum Gasteiger partial charge on any atom is 0.162 e. The Balaban J connectivity index is 1.83. The second-order valence-electron chi connectivity index (χ2n) is 6.96. The van der Waals surface area contributed by atoms with Crippen LogP contribution >= 0.6 is 15.9 Å². The van der Waals surface area contributed by atoms with Gasteiger partial charge in [-0.2, -0.15) is 0 Å². The van der Waals surface area contributed by atoms with Gasteiger partial charge in [0.15, 0.2) is 11.5 Å². The highest BCUT2D eigenvalue weighted by Gasteiger charge is 2.46. The Bertz CT molecular complexity index is 785. The fraction of sp³-hybridized carbons (Fsp3) is 0.429. The summed E-state index contributed by atoms with van der Waals surface area (Å²) in [6.45, 7) is 1.09. The molecule has 3 nitrogen and oxygen atoms in total. The molecule has 0 saturated heterocycles. The first kappa shape index (κ1) is 16.8. The third kappa shape index (κ3) is 2.62. The largest absolute Gasteiger partial charge is 0.493 e. The molecule has 2 aromatic rings. The first-order chi connectivity index (χ1) is 12.2. The van der Waals surface area contributed by atoms with Gasteiger partial charge in [-0.1, -0.05) is 34.1 Å². The fourth-order valence-corrected chi connectivity index (χ4v) is 5.04. The van der Waals surface area contributed by atoms with Gasteiger partial charge in [-0.25, -0.2) is 0 Å². The molecule has 0 unspecified atom stereocenters. The molecule has 0 atom stereocenters. The number of ether oxygens (including phenoxy) is 2. The SMILES string of the molecule is COc1cc2c(cc1OC)N(C1(c3ccccc3Br)CCC1)CCC2. The van der Waals surface area contributed by atoms with Gasteiger partial charge in [0, 0.05) is 22.8 Å². The molecule has 4 rings (SSSR count). The molecule has 0 amide bonds. The average molecular weight is 402 g/mol. The van der Waals surface area contributed by atoms with Crippen LogP contribution in [0.4, 0.5) is 5.69 Å². The third-order valence-corrected chi connectivity index (χ3v) is 6.47. The number of fused-ring (bicyclic) bond motifs is 1. The number of rotatable bonds is 4. The summed E-state index contributed by atoms with van der Waals surface area (Å²) < 4.78 is 12.3. The van der Waals surface area contributed by atoms with Crippen LogP contribution in [-0.4, -0.2) is 20.8 Å². The minimum absolute atomic E-state index is 0.0921. The van der Waals surface area contributed by atoms with Crippen molar-refractivity contribution in [3.63, 3.8) is 0 Å². The molecule has 0 radical (unpaired) electrons. The van der Waals surface area contributed by atoms with E-state index in [1.807, 2.05) is 0 Å². The fourth-order valence-electron chi connectivity index (χ4n) is 4.39. The van der Waals surface area contributed by atoms with Gasteiger partial charge in [0.2, 0.25) is 0 Å². The number of halogens is 1. The summed E-state index contributed by atoms with van der Waals surface area (Å²) in [4.78, 5) is 2.62. The van der Waals surface area contributed by atoms with E-state index in [1.54, 1.807) is 14.2 Å². The molecule has 0 spiro atoms. The Morgan fingerprint density at radius 1 is 1.00 bits per heavy atom. The van der Waals surface area contributed by atoms with Gasteiger partial charge in [0.1, 0.15) is 0 Å². The average Bonchev–Trinajstić information content (AvgIpc) is 2.61. The van der Waals surface area contributed by atoms with E-state index in [1.165, 1.54) is 47.0 Å². The highest BCUT2D eigenvalue weighted by molar-refractivity contribution is 9.10. The quantitative estimate of drug-likeness (QED) is 0.693. The van der Waals surface area contributed by atoms with E-state index in [-0.39, 0.29) is 5.54 Å². The third-order valence-electron chi connectivity index (χ3n) is 5.78. The Hall–Kier alpha value is -1.68. The van der Waals surface area contributed by atoms with Gasteiger partial charge in [-0.15, -0.1) is 0 Å². The molecule has 1 aliphatic carbocycles. The Kier molecular flexibility index (Phi) is 4.40. The summed E-state index contributed by atoms with van der Waals surface area (Å²) >= 11 is 3.79. The zero-order valence-corrected chi connectivity index (χ0v) is 16.4. The van der Waals surface area contributed by atoms with E-state index >= 15 is 0 Å². The minimum Gasteiger partial charge on any atom is -0.493 e. The zero-order valence-electron chi connectivity index (χ0n) is 14.8. The molecule has 132 valence electrons. The highest BCUT2D eigenvalue weighted by Crippen LogP contribution is 2.53. The predicted molar refractivity (Wildman–Crippen MR) is 105 cm³/mol. The molecule has 25 heavy (non-hydrogen) atoms. The molecule has 1 fully saturated rings. The standard InChI is InChI=1S/C21H24BrNO2/c1-24-19-13-15-7-5-12-23(18(15)14-20(19)25-2)21(10-6-11-21)16-8-3-4-9-17(16)22/h3-4,8-9,13-14H,5-7,10-12H2,1-2H3. The molecule has 0 aromatic heterocycles. The van der Waals surface area contributed by atoms with Crippen LogP contribution in [0.25, 0.3) is 0 Å². The lowest BCUT2D eigenvalue weighted by Gasteiger charge is -2.54. The molecule has 2 aromatic carbocycles. The second-order valence-corrected chi connectivity index (χ2v) is 7.81. The summed E-state index contributed by atoms with van der Waals surface area (Å²) in [6, 6.07) is 13.0. The zero-order chi connectivity index (χ0) is 17.4. The minimum atomic E-state index is 0.0921. The maximum absolute atomic E-state index is 5.58. The van der Waals surface area contributed by atoms with Crippen molar-refractivity contribution in [3.05, 3.63) is 52.0 Å². The van der Waals surface area contributed by atoms with Crippen molar-refractivity contribution in [2.75, 3.05) is 25.7 Å². The predicted octanol–water partition coefficient (Wildman–Crippen LogP) is 5.30. The van der Waals surface area contributed by atoms with Crippen LogP contribution in [0.3, 0.4) is 0 Å². The maximum atomic E-state index is 5.58. The van der Waals surface area contributed by atoms with E-state index in [4.69, 9.17) is 9.47 Å². The van der Waals surface area contributed by atoms with E-state index in [0.717, 1.165) is 24.5 Å². The van der Waals surface area contributed by atoms with Crippen LogP contribution in [-0.2, 0) is 12.0 Å². The molecular weight excluding hydrogens is 378 g/mol. The summed E-state index contributed by atoms with van der Waals surface area (Å²) in [7, 11) is 3.42. The number of nitrogens with zero attached hydrogens (tertiary/aromatic N) is 1. The van der Waals surface area contributed by atoms with Gasteiger partial charge in [0.05, 0.1) is 19.8 Å². The first-order valence-electron chi connectivity index (χ1n) is 8.97. The van der Waals surface area contributed by atoms with E-state index < -0.39 is 0 Å². The lowest BCUT2D eigenvalue weighted by Crippen LogP contribution is -2.53. The van der Waals surface area contributed by atoms with Crippen molar-refractivity contribution in [2.45, 2.75) is 37.6 Å². The van der Waals surface area contributed by atoms with E-state index in [2.05, 4.69) is 57.2 Å². The Morgan fingerprint density at radius 2 is 1.72 bits per heavy atom. The number of benzene rings is 2. The van der Waals surface area contributed by atoms with Crippen molar-refractivity contribution in [1.29, 1.82) is 0 Å². The molecule has 4 heteroatoms. The molecule has 1 heterocycles. The highest BCUT2D eigenvalue weighted by atomic mass is 79.9. The second kappa shape index (κ2) is 6.56. The number of hydrogen-bond acceptors (Lipinski definition) is 3. The molecule has 0 bridgehead atoms. The summed E-state index contributed by atoms with van der Waals surface area (Å²) in [5.41, 5.74) is 4.17. The monoisotopic (exact) mass is 401 g/mol. The summed E-state index contributed by atoms with van der Waals surface area (Å²) in [6.07, 6.45) is 5.94. The smallest absolute Gasteiger partial charge is 0.162 e. The number of anilines is 1. The van der Waals surface area contributed by atoms with Crippen molar-refractivity contribution in [2.24, 2.45) is 0 Å². The number of methoxy groups -OCH3 is 2. The van der Waals surface area contributed by atoms with E-state index in [9.17, 15) is 0 Å². The van der Waals surface area contributed by atoms with Crippen LogP contribution in [0.2, 0.25) is 0 Å². The lowest BCUT2D eigenvalue weighted by atomic mass is 9.69. The van der Waals surface area contributed by atoms with Crippen LogP contribution in [0, 0.1) is 0 Å². The van der Waals surface area contributed by atoms with Crippen molar-refractivity contribution in [3.8, 4) is 11.5 Å². The van der Waals surface area contributed by atoms with Gasteiger partial charge in [-0.05, 0) is 55.4 Å². The van der Waals surface area contributed by atoms with Crippen molar-refractivity contribution >= 4 is 21.6 Å².